The van der Waals surface area contributed by atoms with Gasteiger partial charge in [-0.05, 0) is 30.4 Å². The number of hydrogen-bond donors (Lipinski definition) is 1. The van der Waals surface area contributed by atoms with Gasteiger partial charge in [-0.1, -0.05) is 43.9 Å². The number of para-hydroxylation sites is 1. The molecule has 86 valence electrons. The highest BCUT2D eigenvalue weighted by Gasteiger charge is 2.27. The van der Waals surface area contributed by atoms with Crippen LogP contribution < -0.4 is 5.32 Å². The monoisotopic (exact) mass is 215 g/mol. The topological polar surface area (TPSA) is 12.0 Å². The quantitative estimate of drug-likeness (QED) is 0.783. The Morgan fingerprint density at radius 3 is 2.88 bits per heavy atom. The number of aryl methyl sites for hydroxylation is 1. The second kappa shape index (κ2) is 4.12. The molecule has 1 N–H and O–H groups in total. The Bertz CT molecular complexity index is 377. The van der Waals surface area contributed by atoms with Crippen LogP contribution in [0, 0.1) is 12.8 Å². The van der Waals surface area contributed by atoms with Crippen molar-refractivity contribution in [2.75, 3.05) is 11.9 Å². The minimum atomic E-state index is 0.776. The highest BCUT2D eigenvalue weighted by atomic mass is 14.9. The third kappa shape index (κ3) is 1.73. The van der Waals surface area contributed by atoms with Crippen LogP contribution in [0.25, 0.3) is 0 Å². The van der Waals surface area contributed by atoms with E-state index >= 15 is 0 Å². The number of benzene rings is 1. The van der Waals surface area contributed by atoms with Crippen molar-refractivity contribution in [1.29, 1.82) is 0 Å². The molecule has 0 amide bonds. The van der Waals surface area contributed by atoms with Crippen LogP contribution in [0.15, 0.2) is 18.2 Å². The summed E-state index contributed by atoms with van der Waals surface area (Å²) >= 11 is 0. The Hall–Kier alpha value is -0.980. The van der Waals surface area contributed by atoms with Crippen molar-refractivity contribution in [3.63, 3.8) is 0 Å². The molecule has 1 aliphatic heterocycles. The van der Waals surface area contributed by atoms with Gasteiger partial charge in [-0.15, -0.1) is 0 Å². The number of fused-ring (bicyclic) bond motifs is 1. The molecule has 3 rings (SSSR count). The molecule has 1 heteroatoms. The maximum Gasteiger partial charge on any atom is 0.0406 e. The molecule has 0 spiro atoms. The van der Waals surface area contributed by atoms with Gasteiger partial charge in [0, 0.05) is 18.2 Å². The highest BCUT2D eigenvalue weighted by Crippen LogP contribution is 2.40. The third-order valence-electron chi connectivity index (χ3n) is 4.36. The molecule has 1 aliphatic carbocycles. The normalized spacial score (nSPS) is 24.4. The average Bonchev–Trinajstić information content (AvgIpc) is 2.90. The molecular formula is C15H21N. The summed E-state index contributed by atoms with van der Waals surface area (Å²) in [7, 11) is 0. The molecule has 1 fully saturated rings. The molecule has 16 heavy (non-hydrogen) atoms. The smallest absolute Gasteiger partial charge is 0.0406 e. The number of rotatable bonds is 2. The molecule has 2 aliphatic rings. The van der Waals surface area contributed by atoms with Gasteiger partial charge in [-0.25, -0.2) is 0 Å². The van der Waals surface area contributed by atoms with Gasteiger partial charge in [0.05, 0.1) is 0 Å². The van der Waals surface area contributed by atoms with Gasteiger partial charge < -0.3 is 5.32 Å². The van der Waals surface area contributed by atoms with Gasteiger partial charge in [0.25, 0.3) is 0 Å². The summed E-state index contributed by atoms with van der Waals surface area (Å²) < 4.78 is 0. The molecule has 1 unspecified atom stereocenters. The number of nitrogens with one attached hydrogen (secondary N) is 1. The molecule has 1 nitrogen and oxygen atoms in total. The standard InChI is InChI=1S/C15H21N/c1-11-5-4-8-14-13(10-16-15(11)14)9-12-6-2-3-7-12/h4-5,8,12-13,16H,2-3,6-7,9-10H2,1H3. The Balaban J connectivity index is 1.78. The maximum absolute atomic E-state index is 3.59. The predicted molar refractivity (Wildman–Crippen MR) is 69.0 cm³/mol. The zero-order chi connectivity index (χ0) is 11.0. The SMILES string of the molecule is Cc1cccc2c1NCC2CC1CCCC1. The summed E-state index contributed by atoms with van der Waals surface area (Å²) in [6, 6.07) is 6.74. The second-order valence-electron chi connectivity index (χ2n) is 5.50. The molecule has 1 saturated carbocycles. The summed E-state index contributed by atoms with van der Waals surface area (Å²) in [6.07, 6.45) is 7.27. The number of anilines is 1. The van der Waals surface area contributed by atoms with E-state index in [9.17, 15) is 0 Å². The van der Waals surface area contributed by atoms with Gasteiger partial charge in [0.2, 0.25) is 0 Å². The van der Waals surface area contributed by atoms with Crippen molar-refractivity contribution in [1.82, 2.24) is 0 Å². The van der Waals surface area contributed by atoms with E-state index in [1.807, 2.05) is 0 Å². The van der Waals surface area contributed by atoms with E-state index in [0.29, 0.717) is 0 Å². The Kier molecular flexibility index (Phi) is 2.62. The van der Waals surface area contributed by atoms with Crippen LogP contribution in [0.2, 0.25) is 0 Å². The largest absolute Gasteiger partial charge is 0.384 e. The first-order chi connectivity index (χ1) is 7.84. The van der Waals surface area contributed by atoms with Crippen molar-refractivity contribution in [3.05, 3.63) is 29.3 Å². The van der Waals surface area contributed by atoms with Crippen molar-refractivity contribution >= 4 is 5.69 Å². The molecule has 0 radical (unpaired) electrons. The van der Waals surface area contributed by atoms with Gasteiger partial charge >= 0.3 is 0 Å². The Morgan fingerprint density at radius 1 is 1.25 bits per heavy atom. The van der Waals surface area contributed by atoms with Crippen LogP contribution in [0.3, 0.4) is 0 Å². The van der Waals surface area contributed by atoms with Crippen molar-refractivity contribution in [3.8, 4) is 0 Å². The van der Waals surface area contributed by atoms with Crippen LogP contribution in [-0.4, -0.2) is 6.54 Å². The average molecular weight is 215 g/mol. The maximum atomic E-state index is 3.59. The lowest BCUT2D eigenvalue weighted by atomic mass is 9.89. The van der Waals surface area contributed by atoms with Crippen LogP contribution >= 0.6 is 0 Å². The lowest BCUT2D eigenvalue weighted by Crippen LogP contribution is -2.07. The van der Waals surface area contributed by atoms with E-state index in [4.69, 9.17) is 0 Å². The molecule has 0 bridgehead atoms. The first-order valence-electron chi connectivity index (χ1n) is 6.68. The molecule has 0 saturated heterocycles. The molecular weight excluding hydrogens is 194 g/mol. The Labute approximate surface area is 98.3 Å². The zero-order valence-electron chi connectivity index (χ0n) is 10.1. The molecule has 1 aromatic carbocycles. The van der Waals surface area contributed by atoms with Crippen molar-refractivity contribution < 1.29 is 0 Å². The minimum absolute atomic E-state index is 0.776. The summed E-state index contributed by atoms with van der Waals surface area (Å²) in [5.41, 5.74) is 4.41. The fourth-order valence-corrected chi connectivity index (χ4v) is 3.47. The highest BCUT2D eigenvalue weighted by molar-refractivity contribution is 5.62. The van der Waals surface area contributed by atoms with Crippen LogP contribution in [-0.2, 0) is 0 Å². The van der Waals surface area contributed by atoms with Crippen molar-refractivity contribution in [2.24, 2.45) is 5.92 Å². The Morgan fingerprint density at radius 2 is 2.06 bits per heavy atom. The fraction of sp³-hybridized carbons (Fsp3) is 0.600. The lowest BCUT2D eigenvalue weighted by Gasteiger charge is -2.15. The third-order valence-corrected chi connectivity index (χ3v) is 4.36. The minimum Gasteiger partial charge on any atom is -0.384 e. The second-order valence-corrected chi connectivity index (χ2v) is 5.50. The number of hydrogen-bond acceptors (Lipinski definition) is 1. The van der Waals surface area contributed by atoms with Crippen LogP contribution in [0.1, 0.15) is 49.1 Å². The van der Waals surface area contributed by atoms with E-state index in [0.717, 1.165) is 18.4 Å². The predicted octanol–water partition coefficient (Wildman–Crippen LogP) is 4.08. The van der Waals surface area contributed by atoms with E-state index in [-0.39, 0.29) is 0 Å². The van der Waals surface area contributed by atoms with E-state index in [2.05, 4.69) is 30.4 Å². The fourth-order valence-electron chi connectivity index (χ4n) is 3.47. The van der Waals surface area contributed by atoms with Crippen molar-refractivity contribution in [2.45, 2.75) is 44.9 Å². The molecule has 1 heterocycles. The van der Waals surface area contributed by atoms with E-state index in [1.54, 1.807) is 5.56 Å². The summed E-state index contributed by atoms with van der Waals surface area (Å²) in [4.78, 5) is 0. The lowest BCUT2D eigenvalue weighted by molar-refractivity contribution is 0.460. The van der Waals surface area contributed by atoms with E-state index in [1.165, 1.54) is 43.4 Å². The van der Waals surface area contributed by atoms with E-state index < -0.39 is 0 Å². The summed E-state index contributed by atoms with van der Waals surface area (Å²) in [5, 5.41) is 3.59. The molecule has 1 atom stereocenters. The summed E-state index contributed by atoms with van der Waals surface area (Å²) in [6.45, 7) is 3.38. The van der Waals surface area contributed by atoms with Gasteiger partial charge in [0.15, 0.2) is 0 Å². The van der Waals surface area contributed by atoms with Crippen LogP contribution in [0.4, 0.5) is 5.69 Å². The van der Waals surface area contributed by atoms with Crippen LogP contribution in [0.5, 0.6) is 0 Å². The zero-order valence-corrected chi connectivity index (χ0v) is 10.1. The molecule has 0 aromatic heterocycles. The molecule has 1 aromatic rings. The first-order valence-corrected chi connectivity index (χ1v) is 6.68. The van der Waals surface area contributed by atoms with Gasteiger partial charge in [0.1, 0.15) is 0 Å². The van der Waals surface area contributed by atoms with Gasteiger partial charge in [-0.3, -0.25) is 0 Å². The summed E-state index contributed by atoms with van der Waals surface area (Å²) in [5.74, 6) is 1.77. The van der Waals surface area contributed by atoms with Gasteiger partial charge in [-0.2, -0.15) is 0 Å². The first kappa shape index (κ1) is 10.2.